The molecule has 10 aromatic rings. The van der Waals surface area contributed by atoms with Gasteiger partial charge >= 0.3 is 417 Å². The van der Waals surface area contributed by atoms with E-state index in [1.54, 1.807) is 0 Å². The van der Waals surface area contributed by atoms with Crippen LogP contribution in [0.4, 0.5) is 45.5 Å². The Morgan fingerprint density at radius 2 is 0.614 bits per heavy atom. The van der Waals surface area contributed by atoms with Crippen LogP contribution in [0.3, 0.4) is 0 Å². The molecule has 0 saturated carbocycles. The molecule has 5 heterocycles. The Labute approximate surface area is 414 Å². The van der Waals surface area contributed by atoms with Gasteiger partial charge in [0.2, 0.25) is 0 Å². The second-order valence-electron chi connectivity index (χ2n) is 18.7. The van der Waals surface area contributed by atoms with E-state index in [0.29, 0.717) is 0 Å². The SMILES string of the molecule is Cc1cc2c3c(c1)-c1cccc(c1)-c1cccc(c1)-c1cc(C)cc(c1N1[C]4=[Pt]=[C]5N(c6cccc(c6)Oc6cccc(c6)N4c4ccccc41)c1ccccc1N53)-c1cccc(c1)-c1cccc-2c1. The van der Waals surface area contributed by atoms with Crippen molar-refractivity contribution in [2.24, 2.45) is 0 Å². The van der Waals surface area contributed by atoms with Gasteiger partial charge < -0.3 is 0 Å². The zero-order valence-electron chi connectivity index (χ0n) is 38.3. The van der Waals surface area contributed by atoms with Crippen molar-refractivity contribution in [1.82, 2.24) is 0 Å². The van der Waals surface area contributed by atoms with Crippen LogP contribution < -0.4 is 24.3 Å². The second-order valence-corrected chi connectivity index (χ2v) is 21.3. The van der Waals surface area contributed by atoms with Gasteiger partial charge in [-0.1, -0.05) is 0 Å². The van der Waals surface area contributed by atoms with E-state index in [1.807, 2.05) is 0 Å². The monoisotopic (exact) mass is 1080 g/mol. The van der Waals surface area contributed by atoms with Gasteiger partial charge in [-0.3, -0.25) is 0 Å². The third-order valence-electron chi connectivity index (χ3n) is 14.3. The van der Waals surface area contributed by atoms with Gasteiger partial charge in [0.05, 0.1) is 0 Å². The Kier molecular flexibility index (Phi) is 8.52. The molecule has 0 aromatic heterocycles. The number of nitrogens with zero attached hydrogens (tertiary/aromatic N) is 4. The van der Waals surface area contributed by atoms with Crippen molar-refractivity contribution in [1.29, 1.82) is 0 Å². The van der Waals surface area contributed by atoms with Crippen LogP contribution in [0.1, 0.15) is 11.1 Å². The quantitative estimate of drug-likeness (QED) is 0.151. The topological polar surface area (TPSA) is 22.2 Å². The maximum absolute atomic E-state index is 6.88. The van der Waals surface area contributed by atoms with Crippen LogP contribution >= 0.6 is 0 Å². The summed E-state index contributed by atoms with van der Waals surface area (Å²) < 4.78 is 9.31. The first-order valence-electron chi connectivity index (χ1n) is 23.8. The molecule has 15 rings (SSSR count). The molecule has 0 aliphatic carbocycles. The third-order valence-corrected chi connectivity index (χ3v) is 17.3. The van der Waals surface area contributed by atoms with E-state index in [9.17, 15) is 0 Å². The van der Waals surface area contributed by atoms with Gasteiger partial charge in [0, 0.05) is 0 Å². The number of anilines is 8. The number of benzene rings is 10. The Morgan fingerprint density at radius 3 is 0.971 bits per heavy atom. The maximum atomic E-state index is 6.88. The van der Waals surface area contributed by atoms with Crippen molar-refractivity contribution in [2.45, 2.75) is 13.8 Å². The van der Waals surface area contributed by atoms with Crippen molar-refractivity contribution in [3.05, 3.63) is 230 Å². The van der Waals surface area contributed by atoms with Crippen LogP contribution in [0.25, 0.3) is 66.8 Å². The standard InChI is InChI=1S/C64H42N4O.Pt/c1-41-29-55-47-17-7-13-43(33-47)45-15-9-19-49(35-45)57-31-42(2)32-58-50-20-10-16-46(36-50)44-14-8-18-48(34-44)56(30-41)63(55)67-39-65(59-25-3-5-27-61(59)67)51-21-11-23-53(37-51)69-54-24-12-22-52(38-54)66-40-68(64(57)58)62-28-6-4-26-60(62)66;/h3-38H,1-2H3;. The fourth-order valence-electron chi connectivity index (χ4n) is 11.2. The molecule has 0 radical (unpaired) electrons. The van der Waals surface area contributed by atoms with Crippen molar-refractivity contribution >= 4 is 53.8 Å². The summed E-state index contributed by atoms with van der Waals surface area (Å²) in [6.45, 7) is 4.50. The van der Waals surface area contributed by atoms with Gasteiger partial charge in [0.1, 0.15) is 0 Å². The summed E-state index contributed by atoms with van der Waals surface area (Å²) in [6, 6.07) is 81.9. The van der Waals surface area contributed by atoms with Gasteiger partial charge in [-0.15, -0.1) is 0 Å². The number of para-hydroxylation sites is 4. The Morgan fingerprint density at radius 1 is 0.300 bits per heavy atom. The van der Waals surface area contributed by atoms with E-state index in [4.69, 9.17) is 4.74 Å². The molecule has 0 atom stereocenters. The molecule has 70 heavy (non-hydrogen) atoms. The van der Waals surface area contributed by atoms with E-state index >= 15 is 0 Å². The number of rotatable bonds is 0. The molecule has 0 amide bonds. The van der Waals surface area contributed by atoms with E-state index < -0.39 is 17.6 Å². The molecule has 5 aliphatic heterocycles. The first kappa shape index (κ1) is 39.6. The van der Waals surface area contributed by atoms with Gasteiger partial charge in [0.15, 0.2) is 0 Å². The molecule has 10 aromatic carbocycles. The number of hydrogen-bond donors (Lipinski definition) is 0. The summed E-state index contributed by atoms with van der Waals surface area (Å²) in [7, 11) is 0. The summed E-state index contributed by atoms with van der Waals surface area (Å²) in [5, 5.41) is 0. The van der Waals surface area contributed by atoms with Crippen molar-refractivity contribution < 1.29 is 22.4 Å². The second kappa shape index (κ2) is 15.1. The summed E-state index contributed by atoms with van der Waals surface area (Å²) in [5.41, 5.74) is 25.4. The van der Waals surface area contributed by atoms with E-state index in [2.05, 4.69) is 252 Å². The van der Waals surface area contributed by atoms with Crippen LogP contribution in [0.2, 0.25) is 0 Å². The normalized spacial score (nSPS) is 14.1. The van der Waals surface area contributed by atoms with Gasteiger partial charge in [-0.25, -0.2) is 0 Å². The first-order chi connectivity index (χ1) is 34.5. The van der Waals surface area contributed by atoms with Crippen LogP contribution in [-0.2, 0) is 17.6 Å². The van der Waals surface area contributed by atoms with E-state index in [0.717, 1.165) is 57.0 Å². The van der Waals surface area contributed by atoms with Gasteiger partial charge in [-0.05, 0) is 0 Å². The summed E-state index contributed by atoms with van der Waals surface area (Å²) in [5.74, 6) is 1.58. The fraction of sp³-hybridized carbons (Fsp3) is 0.0312. The molecule has 334 valence electrons. The predicted octanol–water partition coefficient (Wildman–Crippen LogP) is 16.6. The van der Waals surface area contributed by atoms with Crippen molar-refractivity contribution in [2.75, 3.05) is 19.6 Å². The number of fused-ring (bicyclic) bond motifs is 24. The molecule has 0 unspecified atom stereocenters. The minimum absolute atomic E-state index is 0.788. The number of ether oxygens (including phenoxy) is 1. The van der Waals surface area contributed by atoms with Crippen LogP contribution in [0.15, 0.2) is 218 Å². The molecular formula is C64H42N4OPt. The zero-order chi connectivity index (χ0) is 46.2. The fourth-order valence-corrected chi connectivity index (χ4v) is 14.9. The number of hydrogen-bond acceptors (Lipinski definition) is 5. The van der Waals surface area contributed by atoms with Crippen molar-refractivity contribution in [3.63, 3.8) is 0 Å². The summed E-state index contributed by atoms with van der Waals surface area (Å²) >= 11 is -1.18. The van der Waals surface area contributed by atoms with Crippen LogP contribution in [-0.4, -0.2) is 8.29 Å². The molecule has 0 fully saturated rings. The van der Waals surface area contributed by atoms with Crippen molar-refractivity contribution in [3.8, 4) is 78.3 Å². The third kappa shape index (κ3) is 5.95. The van der Waals surface area contributed by atoms with Gasteiger partial charge in [0.25, 0.3) is 0 Å². The van der Waals surface area contributed by atoms with Gasteiger partial charge in [-0.2, -0.15) is 0 Å². The predicted molar refractivity (Wildman–Crippen MR) is 287 cm³/mol. The Hall–Kier alpha value is -8.37. The summed E-state index contributed by atoms with van der Waals surface area (Å²) in [4.78, 5) is 10.4. The molecule has 6 heteroatoms. The molecule has 0 N–H and O–H groups in total. The average molecular weight is 1080 g/mol. The molecule has 0 spiro atoms. The first-order valence-corrected chi connectivity index (χ1v) is 26.1. The van der Waals surface area contributed by atoms with Crippen LogP contribution in [0, 0.1) is 13.8 Å². The molecule has 5 nitrogen and oxygen atoms in total. The number of aryl methyl sites for hydroxylation is 2. The Balaban J connectivity index is 1.24. The molecular weight excluding hydrogens is 1040 g/mol. The van der Waals surface area contributed by atoms with E-state index in [-0.39, 0.29) is 0 Å². The zero-order valence-corrected chi connectivity index (χ0v) is 40.6. The van der Waals surface area contributed by atoms with Crippen LogP contribution in [0.5, 0.6) is 11.5 Å². The molecule has 0 saturated heterocycles. The molecule has 5 aliphatic rings. The molecule has 16 bridgehead atoms. The Bertz CT molecular complexity index is 3610. The van der Waals surface area contributed by atoms with E-state index in [1.165, 1.54) is 86.2 Å². The summed E-state index contributed by atoms with van der Waals surface area (Å²) in [6.07, 6.45) is 0. The minimum atomic E-state index is -1.18. The average Bonchev–Trinajstić information content (AvgIpc) is 3.89.